The van der Waals surface area contributed by atoms with Gasteiger partial charge in [-0.3, -0.25) is 4.79 Å². The van der Waals surface area contributed by atoms with E-state index in [0.29, 0.717) is 5.56 Å². The maximum atomic E-state index is 12.2. The molecule has 2 atom stereocenters. The van der Waals surface area contributed by atoms with E-state index in [2.05, 4.69) is 0 Å². The highest BCUT2D eigenvalue weighted by molar-refractivity contribution is 6.04. The lowest BCUT2D eigenvalue weighted by molar-refractivity contribution is 0.0203. The lowest BCUT2D eigenvalue weighted by atomic mass is 9.93. The molecule has 3 rings (SSSR count). The van der Waals surface area contributed by atoms with Crippen LogP contribution in [0.5, 0.6) is 23.0 Å². The standard InChI is InChI=1S/C15H12O6/c16-8-3-1-7(2-4-8)14-13(20)11(18)9-5-6-10(17)12(19)15(9)21-14/h1-6,13-14,16-17,19-20H. The second kappa shape index (κ2) is 4.68. The highest BCUT2D eigenvalue weighted by atomic mass is 16.5. The molecule has 0 aliphatic carbocycles. The van der Waals surface area contributed by atoms with E-state index < -0.39 is 29.5 Å². The summed E-state index contributed by atoms with van der Waals surface area (Å²) in [6, 6.07) is 8.23. The number of rotatable bonds is 1. The number of ether oxygens (including phenoxy) is 1. The van der Waals surface area contributed by atoms with Gasteiger partial charge >= 0.3 is 0 Å². The van der Waals surface area contributed by atoms with Gasteiger partial charge in [0.1, 0.15) is 5.75 Å². The van der Waals surface area contributed by atoms with Gasteiger partial charge in [-0.1, -0.05) is 12.1 Å². The largest absolute Gasteiger partial charge is 0.508 e. The second-order valence-electron chi connectivity index (χ2n) is 4.75. The van der Waals surface area contributed by atoms with Crippen LogP contribution >= 0.6 is 0 Å². The fraction of sp³-hybridized carbons (Fsp3) is 0.133. The average Bonchev–Trinajstić information content (AvgIpc) is 2.48. The molecule has 1 aliphatic rings. The van der Waals surface area contributed by atoms with Crippen LogP contribution in [0.4, 0.5) is 0 Å². The highest BCUT2D eigenvalue weighted by Gasteiger charge is 2.38. The number of hydrogen-bond acceptors (Lipinski definition) is 6. The molecule has 0 fully saturated rings. The molecule has 108 valence electrons. The Morgan fingerprint density at radius 3 is 2.29 bits per heavy atom. The van der Waals surface area contributed by atoms with Gasteiger partial charge in [0.05, 0.1) is 5.56 Å². The summed E-state index contributed by atoms with van der Waals surface area (Å²) in [6.45, 7) is 0. The maximum Gasteiger partial charge on any atom is 0.201 e. The molecule has 0 saturated heterocycles. The summed E-state index contributed by atoms with van der Waals surface area (Å²) in [5.74, 6) is -1.69. The molecule has 6 heteroatoms. The first-order valence-electron chi connectivity index (χ1n) is 6.22. The number of aromatic hydroxyl groups is 3. The quantitative estimate of drug-likeness (QED) is 0.592. The average molecular weight is 288 g/mol. The van der Waals surface area contributed by atoms with Crippen molar-refractivity contribution in [1.82, 2.24) is 0 Å². The summed E-state index contributed by atoms with van der Waals surface area (Å²) in [6.07, 6.45) is -2.47. The van der Waals surface area contributed by atoms with Crippen LogP contribution in [0.25, 0.3) is 0 Å². The van der Waals surface area contributed by atoms with Crippen molar-refractivity contribution >= 4 is 5.78 Å². The molecule has 4 N–H and O–H groups in total. The molecule has 0 saturated carbocycles. The van der Waals surface area contributed by atoms with E-state index in [-0.39, 0.29) is 17.1 Å². The number of hydrogen-bond donors (Lipinski definition) is 4. The minimum absolute atomic E-state index is 0.00725. The first-order chi connectivity index (χ1) is 9.99. The minimum Gasteiger partial charge on any atom is -0.508 e. The molecule has 0 aromatic heterocycles. The fourth-order valence-corrected chi connectivity index (χ4v) is 2.28. The summed E-state index contributed by atoms with van der Waals surface area (Å²) in [7, 11) is 0. The summed E-state index contributed by atoms with van der Waals surface area (Å²) in [4.78, 5) is 12.2. The molecular weight excluding hydrogens is 276 g/mol. The lowest BCUT2D eigenvalue weighted by Gasteiger charge is -2.30. The Morgan fingerprint density at radius 1 is 0.952 bits per heavy atom. The van der Waals surface area contributed by atoms with Crippen molar-refractivity contribution in [2.75, 3.05) is 0 Å². The minimum atomic E-state index is -1.44. The van der Waals surface area contributed by atoms with E-state index in [9.17, 15) is 25.2 Å². The van der Waals surface area contributed by atoms with Crippen molar-refractivity contribution in [3.8, 4) is 23.0 Å². The van der Waals surface area contributed by atoms with Gasteiger partial charge in [0.2, 0.25) is 5.75 Å². The lowest BCUT2D eigenvalue weighted by Crippen LogP contribution is -2.36. The van der Waals surface area contributed by atoms with Gasteiger partial charge in [-0.05, 0) is 29.8 Å². The zero-order valence-electron chi connectivity index (χ0n) is 10.7. The molecule has 2 aromatic carbocycles. The van der Waals surface area contributed by atoms with E-state index in [1.54, 1.807) is 0 Å². The Bertz CT molecular complexity index is 707. The molecule has 21 heavy (non-hydrogen) atoms. The number of phenolic OH excluding ortho intramolecular Hbond substituents is 3. The highest BCUT2D eigenvalue weighted by Crippen LogP contribution is 2.45. The monoisotopic (exact) mass is 288 g/mol. The summed E-state index contributed by atoms with van der Waals surface area (Å²) in [5, 5.41) is 38.6. The van der Waals surface area contributed by atoms with Crippen LogP contribution in [0.2, 0.25) is 0 Å². The molecule has 2 unspecified atom stereocenters. The van der Waals surface area contributed by atoms with Gasteiger partial charge < -0.3 is 25.2 Å². The number of phenols is 3. The SMILES string of the molecule is O=C1c2ccc(O)c(O)c2OC(c2ccc(O)cc2)C1O. The number of fused-ring (bicyclic) bond motifs is 1. The smallest absolute Gasteiger partial charge is 0.201 e. The van der Waals surface area contributed by atoms with Crippen LogP contribution in [0.15, 0.2) is 36.4 Å². The molecule has 6 nitrogen and oxygen atoms in total. The summed E-state index contributed by atoms with van der Waals surface area (Å²) >= 11 is 0. The first kappa shape index (κ1) is 13.3. The van der Waals surface area contributed by atoms with Crippen LogP contribution in [-0.4, -0.2) is 32.3 Å². The number of carbonyl (C=O) groups is 1. The third-order valence-electron chi connectivity index (χ3n) is 3.40. The van der Waals surface area contributed by atoms with Crippen molar-refractivity contribution in [3.05, 3.63) is 47.5 Å². The maximum absolute atomic E-state index is 12.2. The van der Waals surface area contributed by atoms with Gasteiger partial charge in [-0.25, -0.2) is 0 Å². The molecule has 0 radical (unpaired) electrons. The number of aliphatic hydroxyl groups is 1. The molecule has 1 heterocycles. The molecular formula is C15H12O6. The normalized spacial score (nSPS) is 20.7. The van der Waals surface area contributed by atoms with E-state index in [1.165, 1.54) is 30.3 Å². The van der Waals surface area contributed by atoms with Crippen LogP contribution in [0.1, 0.15) is 22.0 Å². The van der Waals surface area contributed by atoms with E-state index in [4.69, 9.17) is 4.74 Å². The van der Waals surface area contributed by atoms with Crippen molar-refractivity contribution in [1.29, 1.82) is 0 Å². The molecule has 1 aliphatic heterocycles. The van der Waals surface area contributed by atoms with Crippen molar-refractivity contribution in [2.24, 2.45) is 0 Å². The topological polar surface area (TPSA) is 107 Å². The van der Waals surface area contributed by atoms with Gasteiger partial charge in [0, 0.05) is 0 Å². The molecule has 2 aromatic rings. The fourth-order valence-electron chi connectivity index (χ4n) is 2.28. The zero-order valence-corrected chi connectivity index (χ0v) is 10.7. The third kappa shape index (κ3) is 2.05. The predicted octanol–water partition coefficient (Wildman–Crippen LogP) is 1.48. The second-order valence-corrected chi connectivity index (χ2v) is 4.75. The molecule has 0 bridgehead atoms. The zero-order chi connectivity index (χ0) is 15.1. The van der Waals surface area contributed by atoms with Crippen LogP contribution in [-0.2, 0) is 0 Å². The van der Waals surface area contributed by atoms with Crippen LogP contribution in [0.3, 0.4) is 0 Å². The Balaban J connectivity index is 2.08. The van der Waals surface area contributed by atoms with Crippen LogP contribution < -0.4 is 4.74 Å². The number of benzene rings is 2. The van der Waals surface area contributed by atoms with Crippen molar-refractivity contribution in [3.63, 3.8) is 0 Å². The number of carbonyl (C=O) groups excluding carboxylic acids is 1. The Labute approximate surface area is 119 Å². The summed E-state index contributed by atoms with van der Waals surface area (Å²) < 4.78 is 5.49. The van der Waals surface area contributed by atoms with E-state index >= 15 is 0 Å². The Kier molecular flexibility index (Phi) is 2.95. The van der Waals surface area contributed by atoms with Crippen molar-refractivity contribution < 1.29 is 30.0 Å². The summed E-state index contributed by atoms with van der Waals surface area (Å²) in [5.41, 5.74) is 0.467. The van der Waals surface area contributed by atoms with Gasteiger partial charge in [0.25, 0.3) is 0 Å². The van der Waals surface area contributed by atoms with E-state index in [0.717, 1.165) is 6.07 Å². The van der Waals surface area contributed by atoms with Gasteiger partial charge in [-0.15, -0.1) is 0 Å². The van der Waals surface area contributed by atoms with Gasteiger partial charge in [0.15, 0.2) is 29.5 Å². The van der Waals surface area contributed by atoms with Crippen LogP contribution in [0, 0.1) is 0 Å². The van der Waals surface area contributed by atoms with Gasteiger partial charge in [-0.2, -0.15) is 0 Å². The van der Waals surface area contributed by atoms with Crippen molar-refractivity contribution in [2.45, 2.75) is 12.2 Å². The molecule has 0 amide bonds. The first-order valence-corrected chi connectivity index (χ1v) is 6.22. The van der Waals surface area contributed by atoms with E-state index in [1.807, 2.05) is 0 Å². The molecule has 0 spiro atoms. The number of Topliss-reactive ketones (excluding diaryl/α,β-unsaturated/α-hetero) is 1. The number of ketones is 1. The Hall–Kier alpha value is -2.73. The predicted molar refractivity (Wildman–Crippen MR) is 71.6 cm³/mol. The third-order valence-corrected chi connectivity index (χ3v) is 3.40. The number of aliphatic hydroxyl groups excluding tert-OH is 1. The Morgan fingerprint density at radius 2 is 1.62 bits per heavy atom.